The standard InChI is InChI=1S/C18H30O2/c1-2-3-4-5-6-7-8-9-10-11-12-13-14-15-16-17-18(19)20/h6-11H,2-5,12-17H2,1H3,(H,19,20)/b7-6+,9-8+,11-10?. The normalized spacial score (nSPS) is 12.1. The quantitative estimate of drug-likeness (QED) is 0.348. The van der Waals surface area contributed by atoms with Gasteiger partial charge in [0.05, 0.1) is 0 Å². The molecule has 0 unspecified atom stereocenters. The summed E-state index contributed by atoms with van der Waals surface area (Å²) in [5.41, 5.74) is 0. The minimum Gasteiger partial charge on any atom is -0.481 e. The molecular formula is C18H30O2. The Morgan fingerprint density at radius 3 is 1.90 bits per heavy atom. The van der Waals surface area contributed by atoms with Crippen LogP contribution in [-0.4, -0.2) is 11.1 Å². The number of rotatable bonds is 13. The highest BCUT2D eigenvalue weighted by Gasteiger charge is 1.95. The van der Waals surface area contributed by atoms with Crippen LogP contribution in [0, 0.1) is 0 Å². The van der Waals surface area contributed by atoms with Crippen molar-refractivity contribution >= 4 is 5.97 Å². The first-order valence-electron chi connectivity index (χ1n) is 7.97. The van der Waals surface area contributed by atoms with Crippen molar-refractivity contribution in [3.8, 4) is 0 Å². The molecule has 0 aromatic carbocycles. The summed E-state index contributed by atoms with van der Waals surface area (Å²) in [6.07, 6.45) is 23.3. The number of carboxylic acid groups (broad SMARTS) is 1. The van der Waals surface area contributed by atoms with Gasteiger partial charge in [-0.25, -0.2) is 0 Å². The molecule has 2 heteroatoms. The molecule has 20 heavy (non-hydrogen) atoms. The average molecular weight is 278 g/mol. The van der Waals surface area contributed by atoms with Gasteiger partial charge < -0.3 is 5.11 Å². The molecule has 0 aromatic heterocycles. The molecule has 0 saturated heterocycles. The lowest BCUT2D eigenvalue weighted by Gasteiger charge is -1.96. The van der Waals surface area contributed by atoms with Crippen LogP contribution >= 0.6 is 0 Å². The van der Waals surface area contributed by atoms with E-state index in [0.29, 0.717) is 6.42 Å². The molecule has 0 bridgehead atoms. The molecule has 114 valence electrons. The van der Waals surface area contributed by atoms with E-state index < -0.39 is 5.97 Å². The van der Waals surface area contributed by atoms with Gasteiger partial charge in [0.25, 0.3) is 0 Å². The van der Waals surface area contributed by atoms with Crippen LogP contribution in [0.15, 0.2) is 36.5 Å². The van der Waals surface area contributed by atoms with Crippen LogP contribution in [0.25, 0.3) is 0 Å². The minimum atomic E-state index is -0.683. The maximum Gasteiger partial charge on any atom is 0.303 e. The van der Waals surface area contributed by atoms with E-state index >= 15 is 0 Å². The van der Waals surface area contributed by atoms with E-state index in [1.807, 2.05) is 0 Å². The van der Waals surface area contributed by atoms with Gasteiger partial charge in [-0.05, 0) is 32.1 Å². The molecule has 0 radical (unpaired) electrons. The van der Waals surface area contributed by atoms with Gasteiger partial charge >= 0.3 is 5.97 Å². The van der Waals surface area contributed by atoms with E-state index in [4.69, 9.17) is 5.11 Å². The number of carboxylic acids is 1. The Labute approximate surface area is 124 Å². The number of hydrogen-bond donors (Lipinski definition) is 1. The van der Waals surface area contributed by atoms with Crippen molar-refractivity contribution in [3.63, 3.8) is 0 Å². The molecule has 0 rings (SSSR count). The van der Waals surface area contributed by atoms with E-state index in [0.717, 1.165) is 32.1 Å². The minimum absolute atomic E-state index is 0.309. The molecule has 0 aliphatic carbocycles. The summed E-state index contributed by atoms with van der Waals surface area (Å²) >= 11 is 0. The van der Waals surface area contributed by atoms with Crippen molar-refractivity contribution in [3.05, 3.63) is 36.5 Å². The maximum absolute atomic E-state index is 10.3. The lowest BCUT2D eigenvalue weighted by atomic mass is 10.1. The van der Waals surface area contributed by atoms with Crippen LogP contribution in [0.2, 0.25) is 0 Å². The van der Waals surface area contributed by atoms with Crippen molar-refractivity contribution in [1.82, 2.24) is 0 Å². The first-order chi connectivity index (χ1) is 9.77. The second-order valence-electron chi connectivity index (χ2n) is 5.08. The SMILES string of the molecule is CCCCC/C=C/C=C/C=CCCCCCCC(=O)O. The summed E-state index contributed by atoms with van der Waals surface area (Å²) in [6.45, 7) is 2.22. The van der Waals surface area contributed by atoms with Gasteiger partial charge in [-0.15, -0.1) is 0 Å². The van der Waals surface area contributed by atoms with Gasteiger partial charge in [-0.2, -0.15) is 0 Å². The van der Waals surface area contributed by atoms with Crippen LogP contribution < -0.4 is 0 Å². The topological polar surface area (TPSA) is 37.3 Å². The number of hydrogen-bond acceptors (Lipinski definition) is 1. The molecule has 0 fully saturated rings. The zero-order valence-corrected chi connectivity index (χ0v) is 12.9. The van der Waals surface area contributed by atoms with E-state index in [2.05, 4.69) is 43.4 Å². The Morgan fingerprint density at radius 1 is 0.800 bits per heavy atom. The van der Waals surface area contributed by atoms with E-state index in [1.54, 1.807) is 0 Å². The third kappa shape index (κ3) is 16.7. The second kappa shape index (κ2) is 15.7. The number of unbranched alkanes of at least 4 members (excludes halogenated alkanes) is 7. The van der Waals surface area contributed by atoms with Crippen molar-refractivity contribution in [1.29, 1.82) is 0 Å². The Hall–Kier alpha value is -1.31. The fourth-order valence-electron chi connectivity index (χ4n) is 1.88. The summed E-state index contributed by atoms with van der Waals surface area (Å²) in [6, 6.07) is 0. The molecule has 0 aromatic rings. The molecule has 0 amide bonds. The summed E-state index contributed by atoms with van der Waals surface area (Å²) in [5.74, 6) is -0.683. The van der Waals surface area contributed by atoms with Crippen LogP contribution in [0.3, 0.4) is 0 Å². The first kappa shape index (κ1) is 18.7. The van der Waals surface area contributed by atoms with Crippen LogP contribution in [0.5, 0.6) is 0 Å². The molecular weight excluding hydrogens is 248 g/mol. The van der Waals surface area contributed by atoms with Crippen molar-refractivity contribution in [2.75, 3.05) is 0 Å². The fraction of sp³-hybridized carbons (Fsp3) is 0.611. The smallest absolute Gasteiger partial charge is 0.303 e. The van der Waals surface area contributed by atoms with Gasteiger partial charge in [0, 0.05) is 6.42 Å². The van der Waals surface area contributed by atoms with Crippen LogP contribution in [0.1, 0.15) is 71.1 Å². The van der Waals surface area contributed by atoms with Crippen LogP contribution in [-0.2, 0) is 4.79 Å². The molecule has 1 N–H and O–H groups in total. The van der Waals surface area contributed by atoms with Crippen LogP contribution in [0.4, 0.5) is 0 Å². The third-order valence-corrected chi connectivity index (χ3v) is 3.09. The van der Waals surface area contributed by atoms with E-state index in [9.17, 15) is 4.79 Å². The van der Waals surface area contributed by atoms with Crippen molar-refractivity contribution < 1.29 is 9.90 Å². The summed E-state index contributed by atoms with van der Waals surface area (Å²) < 4.78 is 0. The van der Waals surface area contributed by atoms with Gasteiger partial charge in [0.15, 0.2) is 0 Å². The van der Waals surface area contributed by atoms with E-state index in [-0.39, 0.29) is 0 Å². The maximum atomic E-state index is 10.3. The summed E-state index contributed by atoms with van der Waals surface area (Å²) in [7, 11) is 0. The Bertz CT molecular complexity index is 301. The largest absolute Gasteiger partial charge is 0.481 e. The molecule has 0 spiro atoms. The Balaban J connectivity index is 3.32. The first-order valence-corrected chi connectivity index (χ1v) is 7.97. The average Bonchev–Trinajstić information content (AvgIpc) is 2.43. The van der Waals surface area contributed by atoms with E-state index in [1.165, 1.54) is 25.7 Å². The second-order valence-corrected chi connectivity index (χ2v) is 5.08. The number of aliphatic carboxylic acids is 1. The highest BCUT2D eigenvalue weighted by molar-refractivity contribution is 5.66. The Morgan fingerprint density at radius 2 is 1.35 bits per heavy atom. The van der Waals surface area contributed by atoms with Crippen molar-refractivity contribution in [2.45, 2.75) is 71.1 Å². The van der Waals surface area contributed by atoms with Gasteiger partial charge in [0.1, 0.15) is 0 Å². The highest BCUT2D eigenvalue weighted by Crippen LogP contribution is 2.06. The van der Waals surface area contributed by atoms with Gasteiger partial charge in [-0.1, -0.05) is 69.1 Å². The lowest BCUT2D eigenvalue weighted by Crippen LogP contribution is -1.93. The highest BCUT2D eigenvalue weighted by atomic mass is 16.4. The molecule has 0 heterocycles. The van der Waals surface area contributed by atoms with Gasteiger partial charge in [-0.3, -0.25) is 4.79 Å². The lowest BCUT2D eigenvalue weighted by molar-refractivity contribution is -0.137. The third-order valence-electron chi connectivity index (χ3n) is 3.09. The van der Waals surface area contributed by atoms with Gasteiger partial charge in [0.2, 0.25) is 0 Å². The number of allylic oxidation sites excluding steroid dienone is 6. The fourth-order valence-corrected chi connectivity index (χ4v) is 1.88. The predicted molar refractivity (Wildman–Crippen MR) is 86.9 cm³/mol. The number of carbonyl (C=O) groups is 1. The molecule has 2 nitrogen and oxygen atoms in total. The monoisotopic (exact) mass is 278 g/mol. The van der Waals surface area contributed by atoms with Crippen molar-refractivity contribution in [2.24, 2.45) is 0 Å². The molecule has 0 atom stereocenters. The Kier molecular flexibility index (Phi) is 14.7. The molecule has 0 aliphatic heterocycles. The molecule has 0 aliphatic rings. The zero-order chi connectivity index (χ0) is 14.9. The summed E-state index contributed by atoms with van der Waals surface area (Å²) in [5, 5.41) is 8.49. The summed E-state index contributed by atoms with van der Waals surface area (Å²) in [4.78, 5) is 10.3. The zero-order valence-electron chi connectivity index (χ0n) is 12.9. The predicted octanol–water partition coefficient (Wildman–Crippen LogP) is 5.66. The molecule has 0 saturated carbocycles.